The predicted octanol–water partition coefficient (Wildman–Crippen LogP) is 2.19. The lowest BCUT2D eigenvalue weighted by atomic mass is 9.81. The highest BCUT2D eigenvalue weighted by Gasteiger charge is 2.29. The van der Waals surface area contributed by atoms with Crippen LogP contribution in [0.3, 0.4) is 0 Å². The molecule has 1 heterocycles. The Bertz CT molecular complexity index is 611. The Morgan fingerprint density at radius 2 is 1.68 bits per heavy atom. The summed E-state index contributed by atoms with van der Waals surface area (Å²) in [7, 11) is -4.08. The first-order valence-corrected chi connectivity index (χ1v) is 8.07. The highest BCUT2D eigenvalue weighted by molar-refractivity contribution is 7.89. The van der Waals surface area contributed by atoms with Gasteiger partial charge in [0, 0.05) is 6.54 Å². The maximum absolute atomic E-state index is 13.1. The number of halogens is 4. The standard InChI is InChI=1S/C13H17F3N2O2S.ClH/c1-13(2-4-17-5-3-13)8-18-21(19,20)9-6-10(14)12(16)11(15)7-9;/h6-7,17-18H,2-5,8H2,1H3;1H. The van der Waals surface area contributed by atoms with Crippen molar-refractivity contribution in [2.75, 3.05) is 19.6 Å². The van der Waals surface area contributed by atoms with Crippen molar-refractivity contribution in [2.45, 2.75) is 24.7 Å². The number of benzene rings is 1. The molecule has 1 aliphatic heterocycles. The lowest BCUT2D eigenvalue weighted by Gasteiger charge is -2.34. The zero-order valence-electron chi connectivity index (χ0n) is 12.0. The smallest absolute Gasteiger partial charge is 0.240 e. The molecular formula is C13H18ClF3N2O2S. The summed E-state index contributed by atoms with van der Waals surface area (Å²) in [4.78, 5) is -0.614. The second-order valence-corrected chi connectivity index (χ2v) is 7.35. The van der Waals surface area contributed by atoms with Crippen LogP contribution < -0.4 is 10.0 Å². The van der Waals surface area contributed by atoms with Crippen LogP contribution >= 0.6 is 12.4 Å². The summed E-state index contributed by atoms with van der Waals surface area (Å²) in [5, 5.41) is 3.17. The molecule has 0 aromatic heterocycles. The Labute approximate surface area is 133 Å². The number of nitrogens with one attached hydrogen (secondary N) is 2. The van der Waals surface area contributed by atoms with Crippen molar-refractivity contribution in [3.8, 4) is 0 Å². The fraction of sp³-hybridized carbons (Fsp3) is 0.538. The quantitative estimate of drug-likeness (QED) is 0.811. The van der Waals surface area contributed by atoms with Crippen LogP contribution in [0.2, 0.25) is 0 Å². The van der Waals surface area contributed by atoms with Crippen LogP contribution in [-0.2, 0) is 10.0 Å². The Hall–Kier alpha value is -0.830. The first-order valence-electron chi connectivity index (χ1n) is 6.58. The predicted molar refractivity (Wildman–Crippen MR) is 79.0 cm³/mol. The largest absolute Gasteiger partial charge is 0.317 e. The van der Waals surface area contributed by atoms with Crippen molar-refractivity contribution in [3.63, 3.8) is 0 Å². The van der Waals surface area contributed by atoms with Crippen molar-refractivity contribution in [1.29, 1.82) is 0 Å². The van der Waals surface area contributed by atoms with E-state index < -0.39 is 32.4 Å². The van der Waals surface area contributed by atoms with Crippen molar-refractivity contribution in [1.82, 2.24) is 10.0 Å². The van der Waals surface area contributed by atoms with E-state index in [0.29, 0.717) is 12.1 Å². The van der Waals surface area contributed by atoms with E-state index in [1.54, 1.807) is 0 Å². The van der Waals surface area contributed by atoms with Crippen molar-refractivity contribution >= 4 is 22.4 Å². The molecule has 0 aliphatic carbocycles. The fourth-order valence-corrected chi connectivity index (χ4v) is 3.47. The molecule has 0 bridgehead atoms. The number of piperidine rings is 1. The van der Waals surface area contributed by atoms with E-state index >= 15 is 0 Å². The minimum Gasteiger partial charge on any atom is -0.317 e. The third-order valence-electron chi connectivity index (χ3n) is 3.77. The van der Waals surface area contributed by atoms with Crippen LogP contribution in [0.4, 0.5) is 13.2 Å². The van der Waals surface area contributed by atoms with E-state index in [-0.39, 0.29) is 24.4 Å². The second kappa shape index (κ2) is 7.16. The van der Waals surface area contributed by atoms with E-state index in [1.165, 1.54) is 0 Å². The molecule has 22 heavy (non-hydrogen) atoms. The normalized spacial score (nSPS) is 17.8. The molecule has 2 rings (SSSR count). The lowest BCUT2D eigenvalue weighted by molar-refractivity contribution is 0.232. The zero-order valence-corrected chi connectivity index (χ0v) is 13.6. The van der Waals surface area contributed by atoms with Crippen molar-refractivity contribution in [3.05, 3.63) is 29.6 Å². The molecule has 1 fully saturated rings. The van der Waals surface area contributed by atoms with E-state index in [2.05, 4.69) is 10.0 Å². The zero-order chi connectivity index (χ0) is 15.7. The van der Waals surface area contributed by atoms with Gasteiger partial charge in [0.2, 0.25) is 10.0 Å². The summed E-state index contributed by atoms with van der Waals surface area (Å²) in [6.07, 6.45) is 1.59. The first-order chi connectivity index (χ1) is 9.73. The summed E-state index contributed by atoms with van der Waals surface area (Å²) < 4.78 is 65.6. The lowest BCUT2D eigenvalue weighted by Crippen LogP contribution is -2.42. The fourth-order valence-electron chi connectivity index (χ4n) is 2.25. The molecule has 9 heteroatoms. The molecule has 1 aliphatic rings. The molecule has 0 spiro atoms. The van der Waals surface area contributed by atoms with Crippen LogP contribution in [0, 0.1) is 22.9 Å². The topological polar surface area (TPSA) is 58.2 Å². The first kappa shape index (κ1) is 19.2. The number of sulfonamides is 1. The highest BCUT2D eigenvalue weighted by atomic mass is 35.5. The van der Waals surface area contributed by atoms with Gasteiger partial charge in [-0.3, -0.25) is 0 Å². The van der Waals surface area contributed by atoms with E-state index in [1.807, 2.05) is 6.92 Å². The van der Waals surface area contributed by atoms with Crippen LogP contribution in [0.25, 0.3) is 0 Å². The third-order valence-corrected chi connectivity index (χ3v) is 5.15. The SMILES string of the molecule is CC1(CNS(=O)(=O)c2cc(F)c(F)c(F)c2)CCNCC1.Cl. The molecule has 1 aromatic rings. The van der Waals surface area contributed by atoms with Gasteiger partial charge in [-0.05, 0) is 43.5 Å². The number of hydrogen-bond donors (Lipinski definition) is 2. The minimum absolute atomic E-state index is 0. The second-order valence-electron chi connectivity index (χ2n) is 5.59. The van der Waals surface area contributed by atoms with Gasteiger partial charge in [0.05, 0.1) is 4.90 Å². The molecule has 0 amide bonds. The maximum Gasteiger partial charge on any atom is 0.240 e. The van der Waals surface area contributed by atoms with E-state index in [0.717, 1.165) is 25.9 Å². The molecule has 4 nitrogen and oxygen atoms in total. The van der Waals surface area contributed by atoms with Gasteiger partial charge in [-0.25, -0.2) is 26.3 Å². The molecule has 126 valence electrons. The summed E-state index contributed by atoms with van der Waals surface area (Å²) in [6, 6.07) is 0.955. The van der Waals surface area contributed by atoms with Gasteiger partial charge in [-0.1, -0.05) is 6.92 Å². The van der Waals surface area contributed by atoms with E-state index in [4.69, 9.17) is 0 Å². The number of hydrogen-bond acceptors (Lipinski definition) is 3. The van der Waals surface area contributed by atoms with Crippen LogP contribution in [0.5, 0.6) is 0 Å². The van der Waals surface area contributed by atoms with Gasteiger partial charge in [-0.2, -0.15) is 0 Å². The van der Waals surface area contributed by atoms with Crippen LogP contribution in [-0.4, -0.2) is 28.1 Å². The third kappa shape index (κ3) is 4.34. The number of rotatable bonds is 4. The summed E-state index contributed by atoms with van der Waals surface area (Å²) in [5.41, 5.74) is -0.213. The molecule has 0 atom stereocenters. The summed E-state index contributed by atoms with van der Waals surface area (Å²) in [6.45, 7) is 3.69. The van der Waals surface area contributed by atoms with Gasteiger partial charge >= 0.3 is 0 Å². The molecular weight excluding hydrogens is 341 g/mol. The molecule has 1 saturated heterocycles. The molecule has 0 radical (unpaired) electrons. The molecule has 2 N–H and O–H groups in total. The molecule has 0 saturated carbocycles. The minimum atomic E-state index is -4.08. The van der Waals surface area contributed by atoms with Crippen molar-refractivity contribution < 1.29 is 21.6 Å². The Morgan fingerprint density at radius 1 is 1.18 bits per heavy atom. The highest BCUT2D eigenvalue weighted by Crippen LogP contribution is 2.27. The average Bonchev–Trinajstić information content (AvgIpc) is 2.43. The van der Waals surface area contributed by atoms with Crippen LogP contribution in [0.1, 0.15) is 19.8 Å². The Balaban J connectivity index is 0.00000242. The van der Waals surface area contributed by atoms with Crippen molar-refractivity contribution in [2.24, 2.45) is 5.41 Å². The van der Waals surface area contributed by atoms with Gasteiger partial charge in [0.1, 0.15) is 0 Å². The van der Waals surface area contributed by atoms with Gasteiger partial charge < -0.3 is 5.32 Å². The van der Waals surface area contributed by atoms with Gasteiger partial charge in [0.15, 0.2) is 17.5 Å². The summed E-state index contributed by atoms with van der Waals surface area (Å²) in [5.74, 6) is -4.73. The van der Waals surface area contributed by atoms with Gasteiger partial charge in [0.25, 0.3) is 0 Å². The molecule has 0 unspecified atom stereocenters. The summed E-state index contributed by atoms with van der Waals surface area (Å²) >= 11 is 0. The average molecular weight is 359 g/mol. The maximum atomic E-state index is 13.1. The van der Waals surface area contributed by atoms with Gasteiger partial charge in [-0.15, -0.1) is 12.4 Å². The molecule has 1 aromatic carbocycles. The monoisotopic (exact) mass is 358 g/mol. The Morgan fingerprint density at radius 3 is 2.18 bits per heavy atom. The van der Waals surface area contributed by atoms with Crippen LogP contribution in [0.15, 0.2) is 17.0 Å². The Kier molecular flexibility index (Phi) is 6.26. The van der Waals surface area contributed by atoms with E-state index in [9.17, 15) is 21.6 Å².